The third-order valence-corrected chi connectivity index (χ3v) is 4.53. The van der Waals surface area contributed by atoms with Gasteiger partial charge < -0.3 is 9.84 Å². The Morgan fingerprint density at radius 1 is 1.25 bits per heavy atom. The number of rotatable bonds is 3. The molecule has 0 radical (unpaired) electrons. The summed E-state index contributed by atoms with van der Waals surface area (Å²) < 4.78 is 5.37. The number of carbonyl (C=O) groups is 1. The van der Waals surface area contributed by atoms with Crippen LogP contribution in [0.1, 0.15) is 34.1 Å². The predicted molar refractivity (Wildman–Crippen MR) is 77.3 cm³/mol. The second kappa shape index (κ2) is 5.73. The van der Waals surface area contributed by atoms with Gasteiger partial charge in [0.05, 0.1) is 16.3 Å². The van der Waals surface area contributed by atoms with Crippen LogP contribution in [0.15, 0.2) is 29.6 Å². The van der Waals surface area contributed by atoms with E-state index in [-0.39, 0.29) is 0 Å². The largest absolute Gasteiger partial charge is 0.478 e. The third kappa shape index (κ3) is 2.73. The van der Waals surface area contributed by atoms with Gasteiger partial charge in [0.2, 0.25) is 0 Å². The van der Waals surface area contributed by atoms with Gasteiger partial charge in [0, 0.05) is 30.1 Å². The van der Waals surface area contributed by atoms with Crippen LogP contribution < -0.4 is 0 Å². The molecule has 1 N–H and O–H groups in total. The molecule has 2 heterocycles. The maximum Gasteiger partial charge on any atom is 0.335 e. The minimum absolute atomic E-state index is 0.300. The summed E-state index contributed by atoms with van der Waals surface area (Å²) in [5.41, 5.74) is 2.19. The van der Waals surface area contributed by atoms with Crippen molar-refractivity contribution in [2.45, 2.75) is 18.8 Å². The molecule has 0 aliphatic carbocycles. The monoisotopic (exact) mass is 289 g/mol. The van der Waals surface area contributed by atoms with Crippen LogP contribution >= 0.6 is 11.3 Å². The zero-order valence-corrected chi connectivity index (χ0v) is 11.7. The lowest BCUT2D eigenvalue weighted by atomic mass is 10.0. The molecule has 5 heteroatoms. The molecular formula is C15H15NO3S. The minimum atomic E-state index is -0.905. The fourth-order valence-electron chi connectivity index (χ4n) is 2.34. The highest BCUT2D eigenvalue weighted by atomic mass is 32.1. The molecule has 1 fully saturated rings. The van der Waals surface area contributed by atoms with Crippen LogP contribution in [0.5, 0.6) is 0 Å². The van der Waals surface area contributed by atoms with E-state index in [1.54, 1.807) is 23.5 Å². The lowest BCUT2D eigenvalue weighted by molar-refractivity contribution is 0.0697. The molecule has 0 spiro atoms. The van der Waals surface area contributed by atoms with Crippen molar-refractivity contribution in [3.05, 3.63) is 40.2 Å². The Morgan fingerprint density at radius 3 is 2.60 bits per heavy atom. The number of carboxylic acids is 1. The number of nitrogens with zero attached hydrogens (tertiary/aromatic N) is 1. The molecular weight excluding hydrogens is 274 g/mol. The Labute approximate surface area is 121 Å². The number of thiazole rings is 1. The van der Waals surface area contributed by atoms with Crippen LogP contribution in [0.4, 0.5) is 0 Å². The first-order valence-corrected chi connectivity index (χ1v) is 7.49. The van der Waals surface area contributed by atoms with Crippen LogP contribution in [-0.4, -0.2) is 29.3 Å². The molecule has 1 aliphatic rings. The van der Waals surface area contributed by atoms with Crippen molar-refractivity contribution in [3.63, 3.8) is 0 Å². The van der Waals surface area contributed by atoms with E-state index in [0.717, 1.165) is 42.3 Å². The molecule has 0 atom stereocenters. The molecule has 1 aromatic heterocycles. The molecule has 1 aromatic carbocycles. The Bertz CT molecular complexity index is 600. The SMILES string of the molecule is O=C(O)c1ccc(-c2csc(C3CCOCC3)n2)cc1. The number of ether oxygens (including phenoxy) is 1. The van der Waals surface area contributed by atoms with E-state index in [9.17, 15) is 4.79 Å². The zero-order chi connectivity index (χ0) is 13.9. The number of aromatic nitrogens is 1. The normalized spacial score (nSPS) is 16.2. The molecule has 1 aliphatic heterocycles. The first-order valence-electron chi connectivity index (χ1n) is 6.61. The summed E-state index contributed by atoms with van der Waals surface area (Å²) in [5.74, 6) is -0.404. The Hall–Kier alpha value is -1.72. The summed E-state index contributed by atoms with van der Waals surface area (Å²) in [5, 5.41) is 12.1. The van der Waals surface area contributed by atoms with Crippen molar-refractivity contribution in [1.29, 1.82) is 0 Å². The number of carboxylic acid groups (broad SMARTS) is 1. The smallest absolute Gasteiger partial charge is 0.335 e. The summed E-state index contributed by atoms with van der Waals surface area (Å²) in [6.07, 6.45) is 2.07. The van der Waals surface area contributed by atoms with E-state index < -0.39 is 5.97 Å². The standard InChI is InChI=1S/C15H15NO3S/c17-15(18)12-3-1-10(2-4-12)13-9-20-14(16-13)11-5-7-19-8-6-11/h1-4,9,11H,5-8H2,(H,17,18). The highest BCUT2D eigenvalue weighted by Gasteiger charge is 2.19. The van der Waals surface area contributed by atoms with Crippen molar-refractivity contribution in [2.75, 3.05) is 13.2 Å². The zero-order valence-electron chi connectivity index (χ0n) is 10.9. The van der Waals surface area contributed by atoms with Gasteiger partial charge in [-0.05, 0) is 25.0 Å². The summed E-state index contributed by atoms with van der Waals surface area (Å²) in [4.78, 5) is 15.5. The molecule has 0 saturated carbocycles. The molecule has 4 nitrogen and oxygen atoms in total. The van der Waals surface area contributed by atoms with Gasteiger partial charge >= 0.3 is 5.97 Å². The fourth-order valence-corrected chi connectivity index (χ4v) is 3.34. The molecule has 0 amide bonds. The molecule has 0 unspecified atom stereocenters. The van der Waals surface area contributed by atoms with E-state index in [1.807, 2.05) is 17.5 Å². The quantitative estimate of drug-likeness (QED) is 0.940. The van der Waals surface area contributed by atoms with E-state index in [2.05, 4.69) is 0 Å². The van der Waals surface area contributed by atoms with Crippen molar-refractivity contribution >= 4 is 17.3 Å². The molecule has 0 bridgehead atoms. The summed E-state index contributed by atoms with van der Waals surface area (Å²) in [7, 11) is 0. The van der Waals surface area contributed by atoms with Crippen molar-refractivity contribution in [3.8, 4) is 11.3 Å². The highest BCUT2D eigenvalue weighted by Crippen LogP contribution is 2.32. The Balaban J connectivity index is 1.80. The molecule has 3 rings (SSSR count). The number of hydrogen-bond donors (Lipinski definition) is 1. The van der Waals surface area contributed by atoms with Gasteiger partial charge in [-0.25, -0.2) is 9.78 Å². The first-order chi connectivity index (χ1) is 9.74. The van der Waals surface area contributed by atoms with Crippen LogP contribution in [0, 0.1) is 0 Å². The maximum atomic E-state index is 10.8. The van der Waals surface area contributed by atoms with Gasteiger partial charge in [-0.15, -0.1) is 11.3 Å². The van der Waals surface area contributed by atoms with Crippen LogP contribution in [0.25, 0.3) is 11.3 Å². The van der Waals surface area contributed by atoms with E-state index in [1.165, 1.54) is 0 Å². The van der Waals surface area contributed by atoms with Gasteiger partial charge in [0.15, 0.2) is 0 Å². The van der Waals surface area contributed by atoms with Gasteiger partial charge in [-0.3, -0.25) is 0 Å². The average molecular weight is 289 g/mol. The first kappa shape index (κ1) is 13.3. The van der Waals surface area contributed by atoms with E-state index >= 15 is 0 Å². The average Bonchev–Trinajstić information content (AvgIpc) is 2.98. The Morgan fingerprint density at radius 2 is 1.95 bits per heavy atom. The number of hydrogen-bond acceptors (Lipinski definition) is 4. The second-order valence-corrected chi connectivity index (χ2v) is 5.73. The van der Waals surface area contributed by atoms with Crippen molar-refractivity contribution < 1.29 is 14.6 Å². The maximum absolute atomic E-state index is 10.8. The van der Waals surface area contributed by atoms with E-state index in [4.69, 9.17) is 14.8 Å². The molecule has 20 heavy (non-hydrogen) atoms. The van der Waals surface area contributed by atoms with Gasteiger partial charge in [0.1, 0.15) is 0 Å². The molecule has 1 saturated heterocycles. The topological polar surface area (TPSA) is 59.4 Å². The summed E-state index contributed by atoms with van der Waals surface area (Å²) in [6.45, 7) is 1.62. The third-order valence-electron chi connectivity index (χ3n) is 3.52. The summed E-state index contributed by atoms with van der Waals surface area (Å²) >= 11 is 1.68. The molecule has 2 aromatic rings. The minimum Gasteiger partial charge on any atom is -0.478 e. The second-order valence-electron chi connectivity index (χ2n) is 4.84. The van der Waals surface area contributed by atoms with Crippen molar-refractivity contribution in [1.82, 2.24) is 4.98 Å². The fraction of sp³-hybridized carbons (Fsp3) is 0.333. The lowest BCUT2D eigenvalue weighted by Gasteiger charge is -2.19. The van der Waals surface area contributed by atoms with Gasteiger partial charge in [0.25, 0.3) is 0 Å². The number of aromatic carboxylic acids is 1. The van der Waals surface area contributed by atoms with E-state index in [0.29, 0.717) is 11.5 Å². The molecule has 104 valence electrons. The summed E-state index contributed by atoms with van der Waals surface area (Å²) in [6, 6.07) is 6.86. The lowest BCUT2D eigenvalue weighted by Crippen LogP contribution is -2.13. The number of benzene rings is 1. The van der Waals surface area contributed by atoms with Gasteiger partial charge in [-0.2, -0.15) is 0 Å². The van der Waals surface area contributed by atoms with Gasteiger partial charge in [-0.1, -0.05) is 12.1 Å². The highest BCUT2D eigenvalue weighted by molar-refractivity contribution is 7.10. The van der Waals surface area contributed by atoms with Crippen LogP contribution in [0.3, 0.4) is 0 Å². The Kier molecular flexibility index (Phi) is 3.80. The van der Waals surface area contributed by atoms with Crippen LogP contribution in [-0.2, 0) is 4.74 Å². The van der Waals surface area contributed by atoms with Crippen LogP contribution in [0.2, 0.25) is 0 Å². The predicted octanol–water partition coefficient (Wildman–Crippen LogP) is 3.40. The van der Waals surface area contributed by atoms with Crippen molar-refractivity contribution in [2.24, 2.45) is 0 Å².